The predicted molar refractivity (Wildman–Crippen MR) is 229 cm³/mol. The van der Waals surface area contributed by atoms with E-state index in [1.165, 1.54) is 78.0 Å². The fourth-order valence-corrected chi connectivity index (χ4v) is 10.7. The molecule has 0 spiro atoms. The molecule has 5 unspecified atom stereocenters. The SMILES string of the molecule is c1ccc(-c2nc(-c3ccccc3)nc(-c3ccc(-n4c5ccccc5c5cc(C6CCC7C(C6)C6CCCCC6N7c6ccccc6)ccc54)cc3)n2)cc1. The molecule has 5 atom stereocenters. The molecule has 0 bridgehead atoms. The summed E-state index contributed by atoms with van der Waals surface area (Å²) in [5.74, 6) is 4.20. The number of hydrogen-bond donors (Lipinski definition) is 0. The summed E-state index contributed by atoms with van der Waals surface area (Å²) in [5, 5.41) is 2.65. The number of rotatable bonds is 6. The van der Waals surface area contributed by atoms with Crippen LogP contribution in [0.2, 0.25) is 0 Å². The fraction of sp³-hybridized carbons (Fsp3) is 0.235. The lowest BCUT2D eigenvalue weighted by Gasteiger charge is -2.38. The first-order valence-corrected chi connectivity index (χ1v) is 20.6. The second-order valence-corrected chi connectivity index (χ2v) is 16.2. The van der Waals surface area contributed by atoms with Crippen molar-refractivity contribution in [3.8, 4) is 39.9 Å². The Morgan fingerprint density at radius 3 is 1.70 bits per heavy atom. The summed E-state index contributed by atoms with van der Waals surface area (Å²) in [6, 6.07) is 58.0. The summed E-state index contributed by atoms with van der Waals surface area (Å²) in [6.45, 7) is 0. The molecule has 3 aliphatic rings. The zero-order valence-corrected chi connectivity index (χ0v) is 31.6. The molecule has 1 aliphatic heterocycles. The van der Waals surface area contributed by atoms with Gasteiger partial charge in [-0.05, 0) is 110 Å². The van der Waals surface area contributed by atoms with Crippen molar-refractivity contribution in [3.05, 3.63) is 163 Å². The highest BCUT2D eigenvalue weighted by Gasteiger charge is 2.51. The topological polar surface area (TPSA) is 46.8 Å². The lowest BCUT2D eigenvalue weighted by Crippen LogP contribution is -2.40. The quantitative estimate of drug-likeness (QED) is 0.171. The number of hydrogen-bond acceptors (Lipinski definition) is 4. The summed E-state index contributed by atoms with van der Waals surface area (Å²) < 4.78 is 2.43. The van der Waals surface area contributed by atoms with Crippen LogP contribution in [0.4, 0.5) is 5.69 Å². The third-order valence-electron chi connectivity index (χ3n) is 13.2. The van der Waals surface area contributed by atoms with E-state index in [1.807, 2.05) is 36.4 Å². The largest absolute Gasteiger partial charge is 0.365 e. The second kappa shape index (κ2) is 13.9. The van der Waals surface area contributed by atoms with Gasteiger partial charge in [0.15, 0.2) is 17.5 Å². The first-order chi connectivity index (χ1) is 27.8. The maximum absolute atomic E-state index is 4.98. The van der Waals surface area contributed by atoms with Crippen LogP contribution >= 0.6 is 0 Å². The molecule has 2 saturated carbocycles. The molecule has 3 heterocycles. The summed E-state index contributed by atoms with van der Waals surface area (Å²) in [7, 11) is 0. The molecule has 2 aliphatic carbocycles. The van der Waals surface area contributed by atoms with Crippen LogP contribution in [0, 0.1) is 11.8 Å². The maximum Gasteiger partial charge on any atom is 0.164 e. The van der Waals surface area contributed by atoms with Crippen molar-refractivity contribution in [1.82, 2.24) is 19.5 Å². The Morgan fingerprint density at radius 2 is 1.00 bits per heavy atom. The van der Waals surface area contributed by atoms with Gasteiger partial charge in [0.1, 0.15) is 0 Å². The van der Waals surface area contributed by atoms with Crippen LogP contribution < -0.4 is 4.90 Å². The van der Waals surface area contributed by atoms with Gasteiger partial charge in [0.25, 0.3) is 0 Å². The van der Waals surface area contributed by atoms with Gasteiger partial charge in [-0.3, -0.25) is 0 Å². The van der Waals surface area contributed by atoms with Crippen LogP contribution in [0.1, 0.15) is 56.4 Å². The second-order valence-electron chi connectivity index (χ2n) is 16.2. The van der Waals surface area contributed by atoms with E-state index in [0.717, 1.165) is 34.2 Å². The van der Waals surface area contributed by atoms with Crippen LogP contribution in [-0.2, 0) is 0 Å². The summed E-state index contributed by atoms with van der Waals surface area (Å²) in [6.07, 6.45) is 9.35. The van der Waals surface area contributed by atoms with E-state index in [2.05, 4.69) is 131 Å². The molecule has 5 heteroatoms. The molecule has 5 nitrogen and oxygen atoms in total. The number of aromatic nitrogens is 4. The number of benzene rings is 6. The Bertz CT molecular complexity index is 2590. The van der Waals surface area contributed by atoms with Crippen LogP contribution in [0.25, 0.3) is 61.7 Å². The third kappa shape index (κ3) is 5.71. The molecular formula is C51H45N5. The van der Waals surface area contributed by atoms with E-state index in [-0.39, 0.29) is 0 Å². The summed E-state index contributed by atoms with van der Waals surface area (Å²) >= 11 is 0. The Labute approximate surface area is 328 Å². The zero-order valence-electron chi connectivity index (χ0n) is 31.6. The molecule has 3 fully saturated rings. The molecule has 0 amide bonds. The molecule has 0 radical (unpaired) electrons. The highest BCUT2D eigenvalue weighted by Crippen LogP contribution is 2.53. The van der Waals surface area contributed by atoms with Crippen LogP contribution in [-0.4, -0.2) is 31.6 Å². The molecule has 8 aromatic rings. The summed E-state index contributed by atoms with van der Waals surface area (Å²) in [5.41, 5.74) is 9.46. The first kappa shape index (κ1) is 33.3. The normalized spacial score (nSPS) is 21.9. The highest BCUT2D eigenvalue weighted by atomic mass is 15.2. The average Bonchev–Trinajstić information content (AvgIpc) is 3.79. The number of para-hydroxylation sites is 2. The van der Waals surface area contributed by atoms with E-state index in [4.69, 9.17) is 15.0 Å². The minimum absolute atomic E-state index is 0.599. The molecule has 11 rings (SSSR count). The van der Waals surface area contributed by atoms with Gasteiger partial charge in [0.05, 0.1) is 11.0 Å². The van der Waals surface area contributed by atoms with E-state index in [1.54, 1.807) is 0 Å². The van der Waals surface area contributed by atoms with Gasteiger partial charge in [0, 0.05) is 50.9 Å². The van der Waals surface area contributed by atoms with Gasteiger partial charge in [-0.2, -0.15) is 0 Å². The smallest absolute Gasteiger partial charge is 0.164 e. The van der Waals surface area contributed by atoms with Crippen molar-refractivity contribution in [2.24, 2.45) is 11.8 Å². The van der Waals surface area contributed by atoms with Gasteiger partial charge in [-0.1, -0.05) is 116 Å². The Hall–Kier alpha value is -6.07. The van der Waals surface area contributed by atoms with Crippen molar-refractivity contribution in [3.63, 3.8) is 0 Å². The maximum atomic E-state index is 4.98. The van der Waals surface area contributed by atoms with Crippen LogP contribution in [0.15, 0.2) is 158 Å². The third-order valence-corrected chi connectivity index (χ3v) is 13.2. The molecule has 274 valence electrons. The van der Waals surface area contributed by atoms with E-state index < -0.39 is 0 Å². The lowest BCUT2D eigenvalue weighted by atomic mass is 9.69. The number of nitrogens with zero attached hydrogens (tertiary/aromatic N) is 5. The van der Waals surface area contributed by atoms with Crippen LogP contribution in [0.3, 0.4) is 0 Å². The molecule has 56 heavy (non-hydrogen) atoms. The van der Waals surface area contributed by atoms with Crippen LogP contribution in [0.5, 0.6) is 0 Å². The highest BCUT2D eigenvalue weighted by molar-refractivity contribution is 6.09. The average molecular weight is 728 g/mol. The van der Waals surface area contributed by atoms with Gasteiger partial charge in [-0.25, -0.2) is 15.0 Å². The van der Waals surface area contributed by atoms with Gasteiger partial charge >= 0.3 is 0 Å². The Morgan fingerprint density at radius 1 is 0.429 bits per heavy atom. The van der Waals surface area contributed by atoms with Crippen molar-refractivity contribution >= 4 is 27.5 Å². The predicted octanol–water partition coefficient (Wildman–Crippen LogP) is 12.3. The minimum atomic E-state index is 0.599. The zero-order chi connectivity index (χ0) is 37.0. The van der Waals surface area contributed by atoms with Crippen molar-refractivity contribution < 1.29 is 0 Å². The van der Waals surface area contributed by atoms with E-state index in [9.17, 15) is 0 Å². The van der Waals surface area contributed by atoms with E-state index >= 15 is 0 Å². The molecule has 1 saturated heterocycles. The van der Waals surface area contributed by atoms with Crippen molar-refractivity contribution in [1.29, 1.82) is 0 Å². The van der Waals surface area contributed by atoms with Crippen molar-refractivity contribution in [2.75, 3.05) is 4.90 Å². The molecule has 0 N–H and O–H groups in total. The number of anilines is 1. The van der Waals surface area contributed by atoms with E-state index in [0.29, 0.717) is 35.5 Å². The fourth-order valence-electron chi connectivity index (χ4n) is 10.7. The summed E-state index contributed by atoms with van der Waals surface area (Å²) in [4.78, 5) is 17.7. The Kier molecular flexibility index (Phi) is 8.26. The molecule has 2 aromatic heterocycles. The van der Waals surface area contributed by atoms with Crippen molar-refractivity contribution in [2.45, 2.75) is 62.9 Å². The Balaban J connectivity index is 0.931. The first-order valence-electron chi connectivity index (χ1n) is 20.6. The van der Waals surface area contributed by atoms with Gasteiger partial charge < -0.3 is 9.47 Å². The molecular weight excluding hydrogens is 683 g/mol. The van der Waals surface area contributed by atoms with Gasteiger partial charge in [0.2, 0.25) is 0 Å². The molecule has 6 aromatic carbocycles. The minimum Gasteiger partial charge on any atom is -0.365 e. The monoisotopic (exact) mass is 727 g/mol. The lowest BCUT2D eigenvalue weighted by molar-refractivity contribution is 0.216. The standard InChI is InChI=1S/C51H45N5/c1-4-14-34(15-5-1)49-52-50(35-16-6-2-7-17-35)54-51(53-49)36-24-28-40(29-25-36)56-46-23-13-11-21-42(46)44-33-38(27-31-48(44)56)37-26-30-47-43(32-37)41-20-10-12-22-45(41)55(47)39-18-8-3-9-19-39/h1-9,11,13-19,21,23-25,27-29,31,33,37,41,43,45,47H,10,12,20,22,26,30,32H2. The number of fused-ring (bicyclic) bond motifs is 6. The van der Waals surface area contributed by atoms with Gasteiger partial charge in [-0.15, -0.1) is 0 Å².